The van der Waals surface area contributed by atoms with E-state index in [1.54, 1.807) is 0 Å². The van der Waals surface area contributed by atoms with Crippen LogP contribution in [0.5, 0.6) is 0 Å². The van der Waals surface area contributed by atoms with E-state index in [0.717, 1.165) is 30.7 Å². The van der Waals surface area contributed by atoms with E-state index in [1.165, 1.54) is 30.4 Å². The predicted octanol–water partition coefficient (Wildman–Crippen LogP) is 5.95. The summed E-state index contributed by atoms with van der Waals surface area (Å²) in [6, 6.07) is 8.34. The Labute approximate surface area is 145 Å². The number of rotatable bonds is 10. The molecule has 1 aromatic carbocycles. The average Bonchev–Trinajstić information content (AvgIpc) is 2.63. The summed E-state index contributed by atoms with van der Waals surface area (Å²) in [5, 5.41) is 0. The first-order valence-electron chi connectivity index (χ1n) is 9.27. The molecule has 0 aliphatic heterocycles. The van der Waals surface area contributed by atoms with Gasteiger partial charge < -0.3 is 0 Å². The SMILES string of the molecule is CCCCCc1cnc(-c2ccc(CCCC(F)CC)cc2)nc1. The summed E-state index contributed by atoms with van der Waals surface area (Å²) in [6.07, 6.45) is 11.1. The Hall–Kier alpha value is -1.77. The molecular formula is C21H29FN2. The lowest BCUT2D eigenvalue weighted by atomic mass is 10.0. The molecule has 2 nitrogen and oxygen atoms in total. The molecule has 0 spiro atoms. The van der Waals surface area contributed by atoms with Crippen molar-refractivity contribution in [2.45, 2.75) is 71.4 Å². The molecule has 24 heavy (non-hydrogen) atoms. The van der Waals surface area contributed by atoms with Gasteiger partial charge in [-0.15, -0.1) is 0 Å². The second kappa shape index (κ2) is 10.2. The molecular weight excluding hydrogens is 299 g/mol. The van der Waals surface area contributed by atoms with Gasteiger partial charge in [0, 0.05) is 18.0 Å². The summed E-state index contributed by atoms with van der Waals surface area (Å²) in [5.41, 5.74) is 3.49. The van der Waals surface area contributed by atoms with Gasteiger partial charge in [0.25, 0.3) is 0 Å². The van der Waals surface area contributed by atoms with E-state index in [-0.39, 0.29) is 0 Å². The average molecular weight is 328 g/mol. The summed E-state index contributed by atoms with van der Waals surface area (Å²) < 4.78 is 13.2. The zero-order chi connectivity index (χ0) is 17.2. The first-order valence-corrected chi connectivity index (χ1v) is 9.27. The first kappa shape index (κ1) is 18.6. The molecule has 0 aliphatic rings. The van der Waals surface area contributed by atoms with Gasteiger partial charge >= 0.3 is 0 Å². The van der Waals surface area contributed by atoms with Crippen LogP contribution in [0.1, 0.15) is 63.5 Å². The van der Waals surface area contributed by atoms with Gasteiger partial charge in [0.2, 0.25) is 0 Å². The smallest absolute Gasteiger partial charge is 0.159 e. The maximum atomic E-state index is 13.2. The van der Waals surface area contributed by atoms with E-state index in [1.807, 2.05) is 19.3 Å². The van der Waals surface area contributed by atoms with Crippen LogP contribution >= 0.6 is 0 Å². The fraction of sp³-hybridized carbons (Fsp3) is 0.524. The summed E-state index contributed by atoms with van der Waals surface area (Å²) >= 11 is 0. The number of benzene rings is 1. The van der Waals surface area contributed by atoms with Crippen molar-refractivity contribution in [3.05, 3.63) is 47.8 Å². The Kier molecular flexibility index (Phi) is 7.87. The largest absolute Gasteiger partial charge is 0.248 e. The third-order valence-corrected chi connectivity index (χ3v) is 4.41. The van der Waals surface area contributed by atoms with E-state index in [2.05, 4.69) is 41.2 Å². The highest BCUT2D eigenvalue weighted by Gasteiger charge is 2.05. The Morgan fingerprint density at radius 1 is 0.875 bits per heavy atom. The Balaban J connectivity index is 1.88. The van der Waals surface area contributed by atoms with Gasteiger partial charge in [-0.05, 0) is 49.7 Å². The van der Waals surface area contributed by atoms with E-state index < -0.39 is 6.17 Å². The van der Waals surface area contributed by atoms with Crippen LogP contribution in [0.4, 0.5) is 4.39 Å². The highest BCUT2D eigenvalue weighted by Crippen LogP contribution is 2.18. The maximum Gasteiger partial charge on any atom is 0.159 e. The van der Waals surface area contributed by atoms with E-state index in [0.29, 0.717) is 12.8 Å². The number of unbranched alkanes of at least 4 members (excludes halogenated alkanes) is 2. The van der Waals surface area contributed by atoms with Gasteiger partial charge in [0.1, 0.15) is 0 Å². The number of hydrogen-bond donors (Lipinski definition) is 0. The number of aromatic nitrogens is 2. The lowest BCUT2D eigenvalue weighted by Crippen LogP contribution is -1.98. The molecule has 2 aromatic rings. The molecule has 0 fully saturated rings. The standard InChI is InChI=1S/C21H29FN2/c1-3-5-6-8-18-15-23-21(24-16-18)19-13-11-17(12-14-19)9-7-10-20(22)4-2/h11-16,20H,3-10H2,1-2H3. The summed E-state index contributed by atoms with van der Waals surface area (Å²) in [4.78, 5) is 8.99. The third kappa shape index (κ3) is 6.03. The normalized spacial score (nSPS) is 12.3. The fourth-order valence-electron chi connectivity index (χ4n) is 2.76. The number of alkyl halides is 1. The van der Waals surface area contributed by atoms with Crippen molar-refractivity contribution >= 4 is 0 Å². The minimum absolute atomic E-state index is 0.616. The predicted molar refractivity (Wildman–Crippen MR) is 98.8 cm³/mol. The highest BCUT2D eigenvalue weighted by atomic mass is 19.1. The zero-order valence-electron chi connectivity index (χ0n) is 15.0. The second-order valence-corrected chi connectivity index (χ2v) is 6.47. The molecule has 130 valence electrons. The van der Waals surface area contributed by atoms with E-state index in [9.17, 15) is 4.39 Å². The van der Waals surface area contributed by atoms with Crippen LogP contribution in [-0.4, -0.2) is 16.1 Å². The van der Waals surface area contributed by atoms with Gasteiger partial charge in [-0.2, -0.15) is 0 Å². The van der Waals surface area contributed by atoms with Crippen LogP contribution in [0.15, 0.2) is 36.7 Å². The van der Waals surface area contributed by atoms with Gasteiger partial charge in [-0.3, -0.25) is 0 Å². The fourth-order valence-corrected chi connectivity index (χ4v) is 2.76. The first-order chi connectivity index (χ1) is 11.7. The van der Waals surface area contributed by atoms with Crippen LogP contribution in [0.3, 0.4) is 0 Å². The zero-order valence-corrected chi connectivity index (χ0v) is 15.0. The minimum Gasteiger partial charge on any atom is -0.248 e. The molecule has 1 unspecified atom stereocenters. The highest BCUT2D eigenvalue weighted by molar-refractivity contribution is 5.55. The molecule has 0 saturated heterocycles. The van der Waals surface area contributed by atoms with Crippen molar-refractivity contribution in [3.8, 4) is 11.4 Å². The molecule has 0 radical (unpaired) electrons. The van der Waals surface area contributed by atoms with Crippen LogP contribution in [0.2, 0.25) is 0 Å². The number of hydrogen-bond acceptors (Lipinski definition) is 2. The summed E-state index contributed by atoms with van der Waals surface area (Å²) in [6.45, 7) is 4.11. The quantitative estimate of drug-likeness (QED) is 0.504. The molecule has 0 N–H and O–H groups in total. The molecule has 1 aromatic heterocycles. The Morgan fingerprint density at radius 3 is 2.17 bits per heavy atom. The van der Waals surface area contributed by atoms with Crippen molar-refractivity contribution in [2.75, 3.05) is 0 Å². The molecule has 0 amide bonds. The summed E-state index contributed by atoms with van der Waals surface area (Å²) in [7, 11) is 0. The topological polar surface area (TPSA) is 25.8 Å². The number of halogens is 1. The molecule has 1 heterocycles. The van der Waals surface area contributed by atoms with Crippen molar-refractivity contribution in [2.24, 2.45) is 0 Å². The van der Waals surface area contributed by atoms with Gasteiger partial charge in [0.05, 0.1) is 6.17 Å². The maximum absolute atomic E-state index is 13.2. The number of aryl methyl sites for hydroxylation is 2. The van der Waals surface area contributed by atoms with Gasteiger partial charge in [0.15, 0.2) is 5.82 Å². The van der Waals surface area contributed by atoms with Crippen LogP contribution < -0.4 is 0 Å². The van der Waals surface area contributed by atoms with Crippen LogP contribution in [-0.2, 0) is 12.8 Å². The molecule has 3 heteroatoms. The van der Waals surface area contributed by atoms with Crippen LogP contribution in [0, 0.1) is 0 Å². The molecule has 0 saturated carbocycles. The lowest BCUT2D eigenvalue weighted by Gasteiger charge is -2.06. The molecule has 0 bridgehead atoms. The lowest BCUT2D eigenvalue weighted by molar-refractivity contribution is 0.300. The Morgan fingerprint density at radius 2 is 1.54 bits per heavy atom. The van der Waals surface area contributed by atoms with Gasteiger partial charge in [-0.1, -0.05) is 51.0 Å². The Bertz CT molecular complexity index is 578. The van der Waals surface area contributed by atoms with Crippen LogP contribution in [0.25, 0.3) is 11.4 Å². The van der Waals surface area contributed by atoms with Crippen molar-refractivity contribution in [3.63, 3.8) is 0 Å². The van der Waals surface area contributed by atoms with E-state index >= 15 is 0 Å². The second-order valence-electron chi connectivity index (χ2n) is 6.47. The van der Waals surface area contributed by atoms with Crippen molar-refractivity contribution in [1.82, 2.24) is 9.97 Å². The summed E-state index contributed by atoms with van der Waals surface area (Å²) in [5.74, 6) is 0.774. The number of nitrogens with zero attached hydrogens (tertiary/aromatic N) is 2. The monoisotopic (exact) mass is 328 g/mol. The molecule has 0 aliphatic carbocycles. The third-order valence-electron chi connectivity index (χ3n) is 4.41. The molecule has 2 rings (SSSR count). The van der Waals surface area contributed by atoms with Gasteiger partial charge in [-0.25, -0.2) is 14.4 Å². The van der Waals surface area contributed by atoms with Crippen molar-refractivity contribution < 1.29 is 4.39 Å². The minimum atomic E-state index is -0.659. The van der Waals surface area contributed by atoms with Crippen molar-refractivity contribution in [1.29, 1.82) is 0 Å². The molecule has 1 atom stereocenters. The van der Waals surface area contributed by atoms with E-state index in [4.69, 9.17) is 0 Å².